The summed E-state index contributed by atoms with van der Waals surface area (Å²) in [6.45, 7) is 0.818. The van der Waals surface area contributed by atoms with Crippen molar-refractivity contribution in [1.29, 1.82) is 0 Å². The number of likely N-dealkylation sites (tertiary alicyclic amines) is 1. The number of hydrogen-bond donors (Lipinski definition) is 2. The van der Waals surface area contributed by atoms with Gasteiger partial charge in [0.25, 0.3) is 5.91 Å². The Labute approximate surface area is 79.4 Å². The predicted octanol–water partition coefficient (Wildman–Crippen LogP) is -1.23. The number of carboxylic acid groups (broad SMARTS) is 1. The summed E-state index contributed by atoms with van der Waals surface area (Å²) in [7, 11) is 0. The second-order valence-corrected chi connectivity index (χ2v) is 2.92. The van der Waals surface area contributed by atoms with Crippen LogP contribution in [0.5, 0.6) is 0 Å². The molecule has 1 aliphatic heterocycles. The van der Waals surface area contributed by atoms with E-state index in [1.165, 1.54) is 0 Å². The molecule has 1 heterocycles. The third-order valence-electron chi connectivity index (χ3n) is 1.97. The molecule has 2 atom stereocenters. The Morgan fingerprint density at radius 3 is 2.64 bits per heavy atom. The fourth-order valence-corrected chi connectivity index (χ4v) is 1.10. The number of amides is 2. The SMILES string of the molecule is C[C@H]1[C@H](N)C(=O)N1C(=O)OCC(=O)O. The Balaban J connectivity index is 2.46. The molecule has 1 fully saturated rings. The van der Waals surface area contributed by atoms with E-state index in [0.717, 1.165) is 4.90 Å². The normalized spacial score (nSPS) is 25.6. The van der Waals surface area contributed by atoms with Crippen LogP contribution in [0.2, 0.25) is 0 Å². The maximum atomic E-state index is 11.1. The lowest BCUT2D eigenvalue weighted by Crippen LogP contribution is -2.69. The number of carbonyl (C=O) groups excluding carboxylic acids is 2. The molecule has 0 aromatic heterocycles. The number of carboxylic acids is 1. The molecule has 7 nitrogen and oxygen atoms in total. The zero-order valence-corrected chi connectivity index (χ0v) is 7.47. The molecule has 7 heteroatoms. The van der Waals surface area contributed by atoms with Gasteiger partial charge in [0.1, 0.15) is 6.04 Å². The molecular formula is C7H10N2O5. The molecule has 78 valence electrons. The molecule has 0 unspecified atom stereocenters. The van der Waals surface area contributed by atoms with Crippen molar-refractivity contribution in [2.45, 2.75) is 19.0 Å². The smallest absolute Gasteiger partial charge is 0.417 e. The van der Waals surface area contributed by atoms with Gasteiger partial charge in [-0.15, -0.1) is 0 Å². The van der Waals surface area contributed by atoms with Crippen LogP contribution in [0.25, 0.3) is 0 Å². The summed E-state index contributed by atoms with van der Waals surface area (Å²) in [4.78, 5) is 32.9. The van der Waals surface area contributed by atoms with Crippen LogP contribution in [-0.4, -0.2) is 46.7 Å². The first-order valence-electron chi connectivity index (χ1n) is 3.92. The van der Waals surface area contributed by atoms with Gasteiger partial charge in [0.05, 0.1) is 6.04 Å². The average molecular weight is 202 g/mol. The largest absolute Gasteiger partial charge is 0.479 e. The molecular weight excluding hydrogens is 192 g/mol. The highest BCUT2D eigenvalue weighted by Gasteiger charge is 2.46. The quantitative estimate of drug-likeness (QED) is 0.542. The van der Waals surface area contributed by atoms with E-state index in [9.17, 15) is 14.4 Å². The van der Waals surface area contributed by atoms with Gasteiger partial charge in [0.2, 0.25) is 0 Å². The lowest BCUT2D eigenvalue weighted by molar-refractivity contribution is -0.148. The van der Waals surface area contributed by atoms with Crippen molar-refractivity contribution in [2.24, 2.45) is 5.73 Å². The highest BCUT2D eigenvalue weighted by molar-refractivity contribution is 6.01. The monoisotopic (exact) mass is 202 g/mol. The highest BCUT2D eigenvalue weighted by atomic mass is 16.6. The maximum Gasteiger partial charge on any atom is 0.417 e. The second kappa shape index (κ2) is 3.62. The third-order valence-corrected chi connectivity index (χ3v) is 1.97. The van der Waals surface area contributed by atoms with Crippen molar-refractivity contribution < 1.29 is 24.2 Å². The average Bonchev–Trinajstić information content (AvgIpc) is 2.14. The van der Waals surface area contributed by atoms with E-state index >= 15 is 0 Å². The fourth-order valence-electron chi connectivity index (χ4n) is 1.10. The molecule has 0 spiro atoms. The molecule has 0 aromatic carbocycles. The van der Waals surface area contributed by atoms with Crippen LogP contribution in [0, 0.1) is 0 Å². The summed E-state index contributed by atoms with van der Waals surface area (Å²) in [6.07, 6.45) is -0.966. The van der Waals surface area contributed by atoms with Crippen LogP contribution < -0.4 is 5.73 Å². The Hall–Kier alpha value is -1.63. The van der Waals surface area contributed by atoms with E-state index < -0.39 is 36.7 Å². The van der Waals surface area contributed by atoms with Crippen LogP contribution in [0.15, 0.2) is 0 Å². The summed E-state index contributed by atoms with van der Waals surface area (Å²) < 4.78 is 4.31. The van der Waals surface area contributed by atoms with Crippen molar-refractivity contribution in [1.82, 2.24) is 4.90 Å². The van der Waals surface area contributed by atoms with Gasteiger partial charge in [-0.05, 0) is 6.92 Å². The summed E-state index contributed by atoms with van der Waals surface area (Å²) in [5, 5.41) is 8.21. The van der Waals surface area contributed by atoms with Crippen molar-refractivity contribution >= 4 is 18.0 Å². The van der Waals surface area contributed by atoms with Crippen LogP contribution in [0.3, 0.4) is 0 Å². The van der Waals surface area contributed by atoms with E-state index in [-0.39, 0.29) is 0 Å². The topological polar surface area (TPSA) is 110 Å². The zero-order valence-electron chi connectivity index (χ0n) is 7.47. The first-order chi connectivity index (χ1) is 6.45. The van der Waals surface area contributed by atoms with E-state index in [1.807, 2.05) is 0 Å². The van der Waals surface area contributed by atoms with Crippen LogP contribution in [-0.2, 0) is 14.3 Å². The molecule has 0 saturated carbocycles. The molecule has 0 aliphatic carbocycles. The molecule has 0 bridgehead atoms. The minimum Gasteiger partial charge on any atom is -0.479 e. The van der Waals surface area contributed by atoms with Crippen LogP contribution in [0.1, 0.15) is 6.92 Å². The molecule has 0 radical (unpaired) electrons. The van der Waals surface area contributed by atoms with Gasteiger partial charge >= 0.3 is 12.1 Å². The number of nitrogens with zero attached hydrogens (tertiary/aromatic N) is 1. The molecule has 2 amide bonds. The Morgan fingerprint density at radius 2 is 2.21 bits per heavy atom. The van der Waals surface area contributed by atoms with E-state index in [1.54, 1.807) is 6.92 Å². The molecule has 3 N–H and O–H groups in total. The number of aliphatic carboxylic acids is 1. The summed E-state index contributed by atoms with van der Waals surface area (Å²) in [5.41, 5.74) is 5.33. The van der Waals surface area contributed by atoms with E-state index in [4.69, 9.17) is 10.8 Å². The standard InChI is InChI=1S/C7H10N2O5/c1-3-5(8)6(12)9(3)7(13)14-2-4(10)11/h3,5H,2,8H2,1H3,(H,10,11)/t3-,5-/m0/s1. The zero-order chi connectivity index (χ0) is 10.9. The predicted molar refractivity (Wildman–Crippen MR) is 43.3 cm³/mol. The van der Waals surface area contributed by atoms with Crippen molar-refractivity contribution in [2.75, 3.05) is 6.61 Å². The first-order valence-corrected chi connectivity index (χ1v) is 3.92. The Bertz CT molecular complexity index is 290. The summed E-state index contributed by atoms with van der Waals surface area (Å²) >= 11 is 0. The number of rotatable bonds is 2. The molecule has 1 rings (SSSR count). The van der Waals surface area contributed by atoms with Gasteiger partial charge in [-0.1, -0.05) is 0 Å². The highest BCUT2D eigenvalue weighted by Crippen LogP contribution is 2.18. The first kappa shape index (κ1) is 10.5. The van der Waals surface area contributed by atoms with Gasteiger partial charge in [-0.2, -0.15) is 0 Å². The number of hydrogen-bond acceptors (Lipinski definition) is 5. The number of imide groups is 1. The lowest BCUT2D eigenvalue weighted by Gasteiger charge is -2.40. The van der Waals surface area contributed by atoms with Gasteiger partial charge in [0.15, 0.2) is 6.61 Å². The van der Waals surface area contributed by atoms with Crippen molar-refractivity contribution in [3.8, 4) is 0 Å². The second-order valence-electron chi connectivity index (χ2n) is 2.92. The maximum absolute atomic E-state index is 11.1. The van der Waals surface area contributed by atoms with E-state index in [2.05, 4.69) is 4.74 Å². The fraction of sp³-hybridized carbons (Fsp3) is 0.571. The minimum absolute atomic E-state index is 0.441. The Kier molecular flexibility index (Phi) is 2.70. The van der Waals surface area contributed by atoms with Gasteiger partial charge in [-0.3, -0.25) is 4.79 Å². The van der Waals surface area contributed by atoms with Gasteiger partial charge in [-0.25, -0.2) is 14.5 Å². The molecule has 0 aromatic rings. The molecule has 1 saturated heterocycles. The van der Waals surface area contributed by atoms with E-state index in [0.29, 0.717) is 0 Å². The Morgan fingerprint density at radius 1 is 1.64 bits per heavy atom. The van der Waals surface area contributed by atoms with Crippen molar-refractivity contribution in [3.63, 3.8) is 0 Å². The summed E-state index contributed by atoms with van der Waals surface area (Å²) in [5.74, 6) is -1.82. The van der Waals surface area contributed by atoms with Gasteiger partial charge in [0, 0.05) is 0 Å². The van der Waals surface area contributed by atoms with Crippen molar-refractivity contribution in [3.05, 3.63) is 0 Å². The van der Waals surface area contributed by atoms with Crippen LogP contribution in [0.4, 0.5) is 4.79 Å². The summed E-state index contributed by atoms with van der Waals surface area (Å²) in [6, 6.07) is -1.14. The number of carbonyl (C=O) groups is 3. The molecule has 1 aliphatic rings. The number of ether oxygens (including phenoxy) is 1. The number of nitrogens with two attached hydrogens (primary N) is 1. The third kappa shape index (κ3) is 1.67. The number of β-lactam (4-membered cyclic amide) rings is 1. The minimum atomic E-state index is -1.27. The lowest BCUT2D eigenvalue weighted by atomic mass is 9.99. The van der Waals surface area contributed by atoms with Crippen LogP contribution >= 0.6 is 0 Å². The molecule has 14 heavy (non-hydrogen) atoms. The van der Waals surface area contributed by atoms with Gasteiger partial charge < -0.3 is 15.6 Å².